The van der Waals surface area contributed by atoms with E-state index in [0.717, 1.165) is 21.9 Å². The number of benzene rings is 2. The van der Waals surface area contributed by atoms with Crippen LogP contribution < -0.4 is 5.63 Å². The molecule has 0 spiro atoms. The van der Waals surface area contributed by atoms with Gasteiger partial charge in [0.25, 0.3) is 5.69 Å². The number of nitro benzene ring substituents is 1. The third kappa shape index (κ3) is 4.90. The van der Waals surface area contributed by atoms with Gasteiger partial charge in [-0.3, -0.25) is 10.1 Å². The van der Waals surface area contributed by atoms with E-state index in [-0.39, 0.29) is 17.9 Å². The average molecular weight is 533 g/mol. The van der Waals surface area contributed by atoms with Crippen molar-refractivity contribution < 1.29 is 18.9 Å². The molecule has 0 saturated carbocycles. The number of nitrogens with zero attached hydrogens (tertiary/aromatic N) is 2. The Balaban J connectivity index is 1.56. The number of halogens is 1. The standard InChI is InChI=1S/C21H13BrN2O6S2/c1-11-10-31-21(23-11)32-18-5-2-12(6-16(18)24(27)28)20(26)29-9-13-7-19(25)30-17-8-14(22)3-4-15(13)17/h2-8,10H,9H2,1H3. The second-order valence-corrected chi connectivity index (χ2v) is 9.67. The Hall–Kier alpha value is -3.02. The number of carbonyl (C=O) groups excluding carboxylic acids is 1. The summed E-state index contributed by atoms with van der Waals surface area (Å²) in [5, 5.41) is 14.0. The summed E-state index contributed by atoms with van der Waals surface area (Å²) in [6, 6.07) is 10.6. The fraction of sp³-hybridized carbons (Fsp3) is 0.0952. The van der Waals surface area contributed by atoms with E-state index >= 15 is 0 Å². The van der Waals surface area contributed by atoms with Gasteiger partial charge in [-0.1, -0.05) is 27.7 Å². The minimum absolute atomic E-state index is 0.0337. The highest BCUT2D eigenvalue weighted by Gasteiger charge is 2.20. The molecule has 0 amide bonds. The van der Waals surface area contributed by atoms with Crippen molar-refractivity contribution in [2.45, 2.75) is 22.8 Å². The number of nitro groups is 1. The number of fused-ring (bicyclic) bond motifs is 1. The summed E-state index contributed by atoms with van der Waals surface area (Å²) in [5.74, 6) is -0.742. The quantitative estimate of drug-likeness (QED) is 0.134. The Labute approximate surface area is 197 Å². The molecule has 0 atom stereocenters. The molecule has 0 fully saturated rings. The molecule has 4 aromatic rings. The zero-order valence-corrected chi connectivity index (χ0v) is 19.6. The molecular formula is C21H13BrN2O6S2. The molecule has 0 aliphatic rings. The van der Waals surface area contributed by atoms with Crippen molar-refractivity contribution in [3.8, 4) is 0 Å². The fourth-order valence-corrected chi connectivity index (χ4v) is 5.12. The van der Waals surface area contributed by atoms with Crippen molar-refractivity contribution in [3.63, 3.8) is 0 Å². The number of rotatable bonds is 6. The van der Waals surface area contributed by atoms with Crippen molar-refractivity contribution in [3.05, 3.63) is 89.7 Å². The summed E-state index contributed by atoms with van der Waals surface area (Å²) in [5.41, 5.74) is 0.899. The molecule has 0 radical (unpaired) electrons. The number of thiazole rings is 1. The number of aryl methyl sites for hydroxylation is 1. The minimum Gasteiger partial charge on any atom is -0.457 e. The SMILES string of the molecule is Cc1csc(Sc2ccc(C(=O)OCc3cc(=O)oc4cc(Br)ccc34)cc2[N+](=O)[O-])n1. The van der Waals surface area contributed by atoms with Crippen molar-refractivity contribution in [2.75, 3.05) is 0 Å². The van der Waals surface area contributed by atoms with E-state index in [0.29, 0.717) is 25.8 Å². The van der Waals surface area contributed by atoms with Crippen LogP contribution in [0.15, 0.2) is 70.8 Å². The number of hydrogen-bond acceptors (Lipinski definition) is 9. The minimum atomic E-state index is -0.742. The van der Waals surface area contributed by atoms with Crippen LogP contribution in [0.4, 0.5) is 5.69 Å². The summed E-state index contributed by atoms with van der Waals surface area (Å²) < 4.78 is 11.9. The molecule has 0 unspecified atom stereocenters. The first-order valence-corrected chi connectivity index (χ1v) is 11.6. The maximum atomic E-state index is 12.6. The van der Waals surface area contributed by atoms with Gasteiger partial charge in [0.2, 0.25) is 0 Å². The Bertz CT molecular complexity index is 1420. The molecule has 162 valence electrons. The monoisotopic (exact) mass is 532 g/mol. The third-order valence-corrected chi connectivity index (χ3v) is 6.95. The molecule has 4 rings (SSSR count). The Morgan fingerprint density at radius 1 is 1.28 bits per heavy atom. The van der Waals surface area contributed by atoms with Gasteiger partial charge in [0.05, 0.1) is 15.4 Å². The van der Waals surface area contributed by atoms with Crippen LogP contribution in [-0.4, -0.2) is 15.9 Å². The fourth-order valence-electron chi connectivity index (χ4n) is 2.90. The Kier molecular flexibility index (Phi) is 6.40. The second kappa shape index (κ2) is 9.23. The zero-order valence-electron chi connectivity index (χ0n) is 16.4. The first kappa shape index (κ1) is 22.2. The molecule has 0 aliphatic carbocycles. The predicted octanol–water partition coefficient (Wildman–Crippen LogP) is 5.74. The zero-order chi connectivity index (χ0) is 22.8. The molecular weight excluding hydrogens is 520 g/mol. The molecule has 2 aromatic carbocycles. The van der Waals surface area contributed by atoms with Crippen LogP contribution in [0.1, 0.15) is 21.6 Å². The molecule has 0 bridgehead atoms. The number of esters is 1. The third-order valence-electron chi connectivity index (χ3n) is 4.34. The highest BCUT2D eigenvalue weighted by molar-refractivity contribution is 9.10. The summed E-state index contributed by atoms with van der Waals surface area (Å²) in [4.78, 5) is 40.1. The van der Waals surface area contributed by atoms with Crippen LogP contribution in [0.5, 0.6) is 0 Å². The van der Waals surface area contributed by atoms with Crippen LogP contribution in [0.3, 0.4) is 0 Å². The van der Waals surface area contributed by atoms with Gasteiger partial charge >= 0.3 is 11.6 Å². The summed E-state index contributed by atoms with van der Waals surface area (Å²) >= 11 is 5.86. The molecule has 2 heterocycles. The summed E-state index contributed by atoms with van der Waals surface area (Å²) in [6.45, 7) is 1.65. The van der Waals surface area contributed by atoms with Crippen molar-refractivity contribution in [2.24, 2.45) is 0 Å². The maximum absolute atomic E-state index is 12.6. The van der Waals surface area contributed by atoms with Crippen molar-refractivity contribution in [1.82, 2.24) is 4.98 Å². The summed E-state index contributed by atoms with van der Waals surface area (Å²) in [6.07, 6.45) is 0. The van der Waals surface area contributed by atoms with E-state index < -0.39 is 16.5 Å². The van der Waals surface area contributed by atoms with E-state index in [1.807, 2.05) is 12.3 Å². The molecule has 8 nitrogen and oxygen atoms in total. The normalized spacial score (nSPS) is 10.9. The van der Waals surface area contributed by atoms with Crippen LogP contribution in [0, 0.1) is 17.0 Å². The molecule has 2 aromatic heterocycles. The van der Waals surface area contributed by atoms with Gasteiger partial charge < -0.3 is 9.15 Å². The van der Waals surface area contributed by atoms with E-state index in [4.69, 9.17) is 9.15 Å². The summed E-state index contributed by atoms with van der Waals surface area (Å²) in [7, 11) is 0. The number of hydrogen-bond donors (Lipinski definition) is 0. The Morgan fingerprint density at radius 3 is 2.81 bits per heavy atom. The van der Waals surface area contributed by atoms with E-state index in [1.165, 1.54) is 35.6 Å². The maximum Gasteiger partial charge on any atom is 0.338 e. The first-order valence-electron chi connectivity index (χ1n) is 9.08. The lowest BCUT2D eigenvalue weighted by Gasteiger charge is -2.08. The van der Waals surface area contributed by atoms with Crippen molar-refractivity contribution in [1.29, 1.82) is 0 Å². The number of ether oxygens (including phenoxy) is 1. The lowest BCUT2D eigenvalue weighted by molar-refractivity contribution is -0.387. The first-order chi connectivity index (χ1) is 15.3. The average Bonchev–Trinajstić information content (AvgIpc) is 3.16. The van der Waals surface area contributed by atoms with Gasteiger partial charge in [0.15, 0.2) is 4.34 Å². The highest BCUT2D eigenvalue weighted by Crippen LogP contribution is 2.37. The predicted molar refractivity (Wildman–Crippen MR) is 123 cm³/mol. The lowest BCUT2D eigenvalue weighted by Crippen LogP contribution is -2.08. The Morgan fingerprint density at radius 2 is 2.09 bits per heavy atom. The van der Waals surface area contributed by atoms with Gasteiger partial charge in [-0.15, -0.1) is 11.3 Å². The highest BCUT2D eigenvalue weighted by atomic mass is 79.9. The van der Waals surface area contributed by atoms with Gasteiger partial charge in [0, 0.05) is 38.6 Å². The number of aromatic nitrogens is 1. The van der Waals surface area contributed by atoms with Crippen LogP contribution >= 0.6 is 39.0 Å². The van der Waals surface area contributed by atoms with Gasteiger partial charge in [-0.2, -0.15) is 0 Å². The molecule has 0 N–H and O–H groups in total. The smallest absolute Gasteiger partial charge is 0.338 e. The van der Waals surface area contributed by atoms with E-state index in [2.05, 4.69) is 20.9 Å². The van der Waals surface area contributed by atoms with Gasteiger partial charge in [0.1, 0.15) is 12.2 Å². The van der Waals surface area contributed by atoms with Crippen LogP contribution in [0.2, 0.25) is 0 Å². The lowest BCUT2D eigenvalue weighted by atomic mass is 10.1. The van der Waals surface area contributed by atoms with Crippen LogP contribution in [-0.2, 0) is 11.3 Å². The van der Waals surface area contributed by atoms with Gasteiger partial charge in [-0.05, 0) is 37.3 Å². The van der Waals surface area contributed by atoms with E-state index in [9.17, 15) is 19.7 Å². The van der Waals surface area contributed by atoms with Crippen LogP contribution in [0.25, 0.3) is 11.0 Å². The largest absolute Gasteiger partial charge is 0.457 e. The molecule has 0 saturated heterocycles. The van der Waals surface area contributed by atoms with Gasteiger partial charge in [-0.25, -0.2) is 14.6 Å². The second-order valence-electron chi connectivity index (χ2n) is 6.60. The van der Waals surface area contributed by atoms with E-state index in [1.54, 1.807) is 18.2 Å². The number of carbonyl (C=O) groups is 1. The topological polar surface area (TPSA) is 113 Å². The van der Waals surface area contributed by atoms with Crippen molar-refractivity contribution >= 4 is 61.7 Å². The molecule has 11 heteroatoms. The molecule has 32 heavy (non-hydrogen) atoms. The molecule has 0 aliphatic heterocycles.